The fraction of sp³-hybridized carbons (Fsp3) is 0.571. The zero-order valence-corrected chi connectivity index (χ0v) is 11.7. The van der Waals surface area contributed by atoms with Crippen molar-refractivity contribution in [3.8, 4) is 11.5 Å². The van der Waals surface area contributed by atoms with Crippen molar-refractivity contribution in [3.05, 3.63) is 28.3 Å². The minimum absolute atomic E-state index is 0.129. The lowest BCUT2D eigenvalue weighted by atomic mass is 10.1. The Morgan fingerprint density at radius 3 is 2.76 bits per heavy atom. The normalized spacial score (nSPS) is 21.4. The molecule has 0 N–H and O–H groups in total. The molecule has 1 atom stereocenters. The van der Waals surface area contributed by atoms with Gasteiger partial charge in [-0.1, -0.05) is 0 Å². The van der Waals surface area contributed by atoms with Crippen molar-refractivity contribution < 1.29 is 23.2 Å². The van der Waals surface area contributed by atoms with E-state index in [-0.39, 0.29) is 36.8 Å². The molecule has 1 aliphatic rings. The molecule has 1 aromatic rings. The lowest BCUT2D eigenvalue weighted by Crippen LogP contribution is -2.18. The van der Waals surface area contributed by atoms with Crippen LogP contribution in [0.2, 0.25) is 0 Å². The highest BCUT2D eigenvalue weighted by molar-refractivity contribution is 5.50. The van der Waals surface area contributed by atoms with Crippen molar-refractivity contribution in [2.24, 2.45) is 0 Å². The van der Waals surface area contributed by atoms with Gasteiger partial charge >= 0.3 is 5.69 Å². The van der Waals surface area contributed by atoms with Crippen LogP contribution in [0.4, 0.5) is 14.5 Å². The van der Waals surface area contributed by atoms with Gasteiger partial charge in [0, 0.05) is 12.8 Å². The molecule has 0 aromatic heterocycles. The Labute approximate surface area is 121 Å². The Bertz CT molecular complexity index is 522. The molecule has 21 heavy (non-hydrogen) atoms. The monoisotopic (exact) mass is 301 g/mol. The topological polar surface area (TPSA) is 61.6 Å². The Balaban J connectivity index is 2.09. The van der Waals surface area contributed by atoms with Gasteiger partial charge < -0.3 is 9.47 Å². The first-order valence-corrected chi connectivity index (χ1v) is 6.78. The van der Waals surface area contributed by atoms with E-state index in [1.54, 1.807) is 6.07 Å². The largest absolute Gasteiger partial charge is 0.490 e. The predicted molar refractivity (Wildman–Crippen MR) is 72.1 cm³/mol. The average Bonchev–Trinajstić information content (AvgIpc) is 2.60. The van der Waals surface area contributed by atoms with Gasteiger partial charge in [-0.25, -0.2) is 8.78 Å². The van der Waals surface area contributed by atoms with Crippen molar-refractivity contribution in [2.75, 3.05) is 7.11 Å². The van der Waals surface area contributed by atoms with Crippen LogP contribution in [-0.2, 0) is 0 Å². The summed E-state index contributed by atoms with van der Waals surface area (Å²) in [7, 11) is 1.34. The molecule has 0 spiro atoms. The number of nitrogens with zero attached hydrogens (tertiary/aromatic N) is 1. The summed E-state index contributed by atoms with van der Waals surface area (Å²) in [5, 5.41) is 10.9. The Kier molecular flexibility index (Phi) is 4.59. The Morgan fingerprint density at radius 2 is 2.10 bits per heavy atom. The van der Waals surface area contributed by atoms with Crippen molar-refractivity contribution in [1.82, 2.24) is 0 Å². The molecule has 0 amide bonds. The zero-order chi connectivity index (χ0) is 15.5. The number of benzene rings is 1. The first-order valence-electron chi connectivity index (χ1n) is 6.78. The molecule has 0 aliphatic heterocycles. The number of rotatable bonds is 4. The van der Waals surface area contributed by atoms with E-state index in [2.05, 4.69) is 0 Å². The number of alkyl halides is 2. The minimum atomic E-state index is -2.63. The van der Waals surface area contributed by atoms with E-state index in [4.69, 9.17) is 9.47 Å². The number of nitro benzene ring substituents is 1. The molecule has 0 radical (unpaired) electrons. The summed E-state index contributed by atoms with van der Waals surface area (Å²) >= 11 is 0. The van der Waals surface area contributed by atoms with Gasteiger partial charge in [-0.2, -0.15) is 0 Å². The predicted octanol–water partition coefficient (Wildman–Crippen LogP) is 3.95. The highest BCUT2D eigenvalue weighted by atomic mass is 19.3. The van der Waals surface area contributed by atoms with Gasteiger partial charge in [0.1, 0.15) is 5.75 Å². The van der Waals surface area contributed by atoms with Gasteiger partial charge in [0.15, 0.2) is 5.75 Å². The van der Waals surface area contributed by atoms with Gasteiger partial charge in [0.25, 0.3) is 0 Å². The van der Waals surface area contributed by atoms with Crippen LogP contribution < -0.4 is 9.47 Å². The second-order valence-electron chi connectivity index (χ2n) is 5.12. The van der Waals surface area contributed by atoms with Crippen LogP contribution in [0.1, 0.15) is 32.1 Å². The number of methoxy groups -OCH3 is 1. The van der Waals surface area contributed by atoms with E-state index < -0.39 is 10.8 Å². The molecular weight excluding hydrogens is 284 g/mol. The summed E-state index contributed by atoms with van der Waals surface area (Å²) in [6.07, 6.45) is 0.468. The van der Waals surface area contributed by atoms with Crippen molar-refractivity contribution >= 4 is 5.69 Å². The third-order valence-electron chi connectivity index (χ3n) is 3.55. The number of halogens is 2. The first kappa shape index (κ1) is 15.5. The second-order valence-corrected chi connectivity index (χ2v) is 5.12. The smallest absolute Gasteiger partial charge is 0.314 e. The molecule has 0 bridgehead atoms. The third kappa shape index (κ3) is 4.03. The van der Waals surface area contributed by atoms with Crippen LogP contribution in [0.5, 0.6) is 11.5 Å². The quantitative estimate of drug-likeness (QED) is 0.480. The maximum absolute atomic E-state index is 13.3. The molecule has 116 valence electrons. The molecule has 1 saturated carbocycles. The molecular formula is C14H17F2NO4. The van der Waals surface area contributed by atoms with E-state index in [0.717, 1.165) is 0 Å². The third-order valence-corrected chi connectivity index (χ3v) is 3.55. The van der Waals surface area contributed by atoms with Crippen molar-refractivity contribution in [3.63, 3.8) is 0 Å². The second kappa shape index (κ2) is 6.24. The van der Waals surface area contributed by atoms with Crippen LogP contribution in [0, 0.1) is 10.1 Å². The van der Waals surface area contributed by atoms with E-state index in [9.17, 15) is 18.9 Å². The Hall–Kier alpha value is -1.92. The van der Waals surface area contributed by atoms with E-state index >= 15 is 0 Å². The summed E-state index contributed by atoms with van der Waals surface area (Å²) in [6, 6.07) is 4.26. The summed E-state index contributed by atoms with van der Waals surface area (Å²) < 4.78 is 37.1. The molecule has 0 heterocycles. The highest BCUT2D eigenvalue weighted by Gasteiger charge is 2.33. The SMILES string of the molecule is COc1ccc(OC2CCCC(F)(F)CC2)cc1[N+](=O)[O-]. The average molecular weight is 301 g/mol. The molecule has 1 aromatic carbocycles. The minimum Gasteiger partial charge on any atom is -0.490 e. The maximum atomic E-state index is 13.3. The van der Waals surface area contributed by atoms with Crippen LogP contribution in [-0.4, -0.2) is 24.1 Å². The van der Waals surface area contributed by atoms with Crippen LogP contribution in [0.25, 0.3) is 0 Å². The fourth-order valence-corrected chi connectivity index (χ4v) is 2.43. The van der Waals surface area contributed by atoms with E-state index in [1.165, 1.54) is 19.2 Å². The maximum Gasteiger partial charge on any atom is 0.314 e. The molecule has 1 fully saturated rings. The summed E-state index contributed by atoms with van der Waals surface area (Å²) in [5.41, 5.74) is -0.200. The zero-order valence-electron chi connectivity index (χ0n) is 11.7. The molecule has 1 aliphatic carbocycles. The van der Waals surface area contributed by atoms with Gasteiger partial charge in [-0.15, -0.1) is 0 Å². The molecule has 0 saturated heterocycles. The summed E-state index contributed by atoms with van der Waals surface area (Å²) in [5.74, 6) is -2.19. The molecule has 2 rings (SSSR count). The summed E-state index contributed by atoms with van der Waals surface area (Å²) in [6.45, 7) is 0. The summed E-state index contributed by atoms with van der Waals surface area (Å²) in [4.78, 5) is 10.4. The van der Waals surface area contributed by atoms with Gasteiger partial charge in [0.05, 0.1) is 24.2 Å². The van der Waals surface area contributed by atoms with Gasteiger partial charge in [-0.05, 0) is 31.4 Å². The van der Waals surface area contributed by atoms with Crippen LogP contribution in [0.3, 0.4) is 0 Å². The fourth-order valence-electron chi connectivity index (χ4n) is 2.43. The number of nitro groups is 1. The first-order chi connectivity index (χ1) is 9.91. The number of hydrogen-bond acceptors (Lipinski definition) is 4. The Morgan fingerprint density at radius 1 is 1.33 bits per heavy atom. The standard InChI is InChI=1S/C14H17F2NO4/c1-20-13-5-4-11(9-12(13)17(18)19)21-10-3-2-7-14(15,16)8-6-10/h4-5,9-10H,2-3,6-8H2,1H3. The van der Waals surface area contributed by atoms with Gasteiger partial charge in [-0.3, -0.25) is 10.1 Å². The molecule has 1 unspecified atom stereocenters. The lowest BCUT2D eigenvalue weighted by molar-refractivity contribution is -0.385. The highest BCUT2D eigenvalue weighted by Crippen LogP contribution is 2.35. The van der Waals surface area contributed by atoms with E-state index in [1.807, 2.05) is 0 Å². The van der Waals surface area contributed by atoms with E-state index in [0.29, 0.717) is 18.6 Å². The van der Waals surface area contributed by atoms with Crippen LogP contribution in [0.15, 0.2) is 18.2 Å². The van der Waals surface area contributed by atoms with Crippen molar-refractivity contribution in [2.45, 2.75) is 44.1 Å². The van der Waals surface area contributed by atoms with Gasteiger partial charge in [0.2, 0.25) is 5.92 Å². The van der Waals surface area contributed by atoms with Crippen molar-refractivity contribution in [1.29, 1.82) is 0 Å². The number of ether oxygens (including phenoxy) is 2. The molecule has 7 heteroatoms. The van der Waals surface area contributed by atoms with Crippen LogP contribution >= 0.6 is 0 Å². The lowest BCUT2D eigenvalue weighted by Gasteiger charge is -2.17. The number of hydrogen-bond donors (Lipinski definition) is 0. The molecule has 5 nitrogen and oxygen atoms in total.